The van der Waals surface area contributed by atoms with Crippen molar-refractivity contribution >= 4 is 23.0 Å². The maximum absolute atomic E-state index is 12.6. The van der Waals surface area contributed by atoms with Crippen LogP contribution in [-0.4, -0.2) is 47.0 Å². The van der Waals surface area contributed by atoms with Gasteiger partial charge in [0, 0.05) is 22.7 Å². The van der Waals surface area contributed by atoms with Gasteiger partial charge in [-0.05, 0) is 44.0 Å². The van der Waals surface area contributed by atoms with Crippen LogP contribution in [0.2, 0.25) is 0 Å². The van der Waals surface area contributed by atoms with Crippen LogP contribution in [0.25, 0.3) is 10.9 Å². The zero-order chi connectivity index (χ0) is 20.1. The number of benzene rings is 2. The summed E-state index contributed by atoms with van der Waals surface area (Å²) in [5.74, 6) is 0.398. The quantitative estimate of drug-likeness (QED) is 0.488. The summed E-state index contributed by atoms with van der Waals surface area (Å²) in [5.41, 5.74) is 5.01. The highest BCUT2D eigenvalue weighted by molar-refractivity contribution is 5.98. The summed E-state index contributed by atoms with van der Waals surface area (Å²) in [5, 5.41) is 15.9. The molecule has 0 unspecified atom stereocenters. The van der Waals surface area contributed by atoms with Gasteiger partial charge in [0.05, 0.1) is 19.4 Å². The van der Waals surface area contributed by atoms with Crippen LogP contribution < -0.4 is 4.74 Å². The van der Waals surface area contributed by atoms with Gasteiger partial charge in [-0.25, -0.2) is 5.01 Å². The van der Waals surface area contributed by atoms with Crippen molar-refractivity contribution < 1.29 is 14.6 Å². The molecule has 0 aliphatic carbocycles. The van der Waals surface area contributed by atoms with E-state index in [4.69, 9.17) is 4.74 Å². The fourth-order valence-electron chi connectivity index (χ4n) is 3.30. The average Bonchev–Trinajstić information content (AvgIpc) is 3.13. The van der Waals surface area contributed by atoms with E-state index in [2.05, 4.69) is 10.1 Å². The summed E-state index contributed by atoms with van der Waals surface area (Å²) in [7, 11) is 0. The van der Waals surface area contributed by atoms with E-state index in [9.17, 15) is 9.90 Å². The molecular weight excluding hydrogens is 354 g/mol. The van der Waals surface area contributed by atoms with Crippen molar-refractivity contribution in [2.45, 2.75) is 20.8 Å². The Bertz CT molecular complexity index is 984. The SMILES string of the molecule is Cc1cc(C)c(OCC(=O)N(CCO)N=Cc2cccc3[nH]ccc23)c(C)c1. The Kier molecular flexibility index (Phi) is 6.11. The van der Waals surface area contributed by atoms with Crippen molar-refractivity contribution in [2.24, 2.45) is 5.10 Å². The van der Waals surface area contributed by atoms with Crippen molar-refractivity contribution in [3.8, 4) is 5.75 Å². The van der Waals surface area contributed by atoms with Crippen LogP contribution in [0.4, 0.5) is 0 Å². The number of fused-ring (bicyclic) bond motifs is 1. The molecule has 0 spiro atoms. The Morgan fingerprint density at radius 2 is 1.96 bits per heavy atom. The van der Waals surface area contributed by atoms with E-state index < -0.39 is 0 Å². The number of ether oxygens (including phenoxy) is 1. The number of H-pyrrole nitrogens is 1. The van der Waals surface area contributed by atoms with E-state index in [0.29, 0.717) is 5.75 Å². The van der Waals surface area contributed by atoms with E-state index >= 15 is 0 Å². The number of rotatable bonds is 7. The van der Waals surface area contributed by atoms with Gasteiger partial charge >= 0.3 is 0 Å². The largest absolute Gasteiger partial charge is 0.483 e. The number of hydrogen-bond acceptors (Lipinski definition) is 4. The predicted molar refractivity (Wildman–Crippen MR) is 111 cm³/mol. The highest BCUT2D eigenvalue weighted by Crippen LogP contribution is 2.24. The normalized spacial score (nSPS) is 11.3. The summed E-state index contributed by atoms with van der Waals surface area (Å²) in [6.07, 6.45) is 3.49. The number of aliphatic hydroxyl groups excluding tert-OH is 1. The molecule has 0 atom stereocenters. The van der Waals surface area contributed by atoms with Crippen molar-refractivity contribution in [1.82, 2.24) is 9.99 Å². The second-order valence-electron chi connectivity index (χ2n) is 6.79. The number of hydrogen-bond donors (Lipinski definition) is 2. The third-order valence-corrected chi connectivity index (χ3v) is 4.51. The highest BCUT2D eigenvalue weighted by Gasteiger charge is 2.14. The Labute approximate surface area is 164 Å². The van der Waals surface area contributed by atoms with Crippen LogP contribution in [0.15, 0.2) is 47.7 Å². The van der Waals surface area contributed by atoms with Gasteiger partial charge in [-0.3, -0.25) is 4.79 Å². The molecule has 2 aromatic carbocycles. The first-order valence-corrected chi connectivity index (χ1v) is 9.21. The minimum Gasteiger partial charge on any atom is -0.483 e. The minimum absolute atomic E-state index is 0.105. The molecule has 0 fully saturated rings. The molecule has 146 valence electrons. The summed E-state index contributed by atoms with van der Waals surface area (Å²) < 4.78 is 5.77. The molecule has 28 heavy (non-hydrogen) atoms. The van der Waals surface area contributed by atoms with Crippen molar-refractivity contribution in [3.05, 3.63) is 64.8 Å². The Hall–Kier alpha value is -3.12. The topological polar surface area (TPSA) is 77.9 Å². The molecule has 3 aromatic rings. The third-order valence-electron chi connectivity index (χ3n) is 4.51. The lowest BCUT2D eigenvalue weighted by molar-refractivity contribution is -0.133. The molecule has 3 rings (SSSR count). The lowest BCUT2D eigenvalue weighted by Gasteiger charge is -2.18. The van der Waals surface area contributed by atoms with Crippen LogP contribution in [0.5, 0.6) is 5.75 Å². The number of carbonyl (C=O) groups is 1. The first-order chi connectivity index (χ1) is 13.5. The molecule has 0 aliphatic heterocycles. The number of carbonyl (C=O) groups excluding carboxylic acids is 1. The molecule has 6 nitrogen and oxygen atoms in total. The second-order valence-corrected chi connectivity index (χ2v) is 6.79. The third kappa shape index (κ3) is 4.40. The van der Waals surface area contributed by atoms with Gasteiger partial charge in [0.1, 0.15) is 5.75 Å². The van der Waals surface area contributed by atoms with Gasteiger partial charge in [0.2, 0.25) is 0 Å². The van der Waals surface area contributed by atoms with E-state index in [0.717, 1.165) is 33.2 Å². The summed E-state index contributed by atoms with van der Waals surface area (Å²) in [4.78, 5) is 15.7. The zero-order valence-electron chi connectivity index (χ0n) is 16.4. The van der Waals surface area contributed by atoms with Crippen LogP contribution in [0.1, 0.15) is 22.3 Å². The molecule has 1 heterocycles. The van der Waals surface area contributed by atoms with Gasteiger partial charge in [0.25, 0.3) is 5.91 Å². The van der Waals surface area contributed by atoms with Crippen molar-refractivity contribution in [1.29, 1.82) is 0 Å². The standard InChI is InChI=1S/C22H25N3O3/c1-15-11-16(2)22(17(3)12-15)28-14-21(27)25(9-10-26)24-13-18-5-4-6-20-19(18)7-8-23-20/h4-8,11-13,23,26H,9-10,14H2,1-3H3. The van der Waals surface area contributed by atoms with Crippen LogP contribution in [0.3, 0.4) is 0 Å². The highest BCUT2D eigenvalue weighted by atomic mass is 16.5. The van der Waals surface area contributed by atoms with E-state index in [1.54, 1.807) is 6.21 Å². The van der Waals surface area contributed by atoms with Crippen LogP contribution in [-0.2, 0) is 4.79 Å². The van der Waals surface area contributed by atoms with Gasteiger partial charge in [-0.1, -0.05) is 29.8 Å². The van der Waals surface area contributed by atoms with Gasteiger partial charge < -0.3 is 14.8 Å². The van der Waals surface area contributed by atoms with E-state index in [1.165, 1.54) is 5.01 Å². The molecule has 0 bridgehead atoms. The zero-order valence-corrected chi connectivity index (χ0v) is 16.4. The maximum Gasteiger partial charge on any atom is 0.280 e. The lowest BCUT2D eigenvalue weighted by atomic mass is 10.1. The molecule has 1 aromatic heterocycles. The Balaban J connectivity index is 1.73. The molecule has 0 radical (unpaired) electrons. The number of amides is 1. The number of aromatic amines is 1. The number of aliphatic hydroxyl groups is 1. The fourth-order valence-corrected chi connectivity index (χ4v) is 3.30. The number of nitrogens with one attached hydrogen (secondary N) is 1. The van der Waals surface area contributed by atoms with Crippen molar-refractivity contribution in [3.63, 3.8) is 0 Å². The first-order valence-electron chi connectivity index (χ1n) is 9.21. The molecule has 0 saturated carbocycles. The molecule has 6 heteroatoms. The number of aryl methyl sites for hydroxylation is 3. The fraction of sp³-hybridized carbons (Fsp3) is 0.273. The Morgan fingerprint density at radius 3 is 2.68 bits per heavy atom. The smallest absolute Gasteiger partial charge is 0.280 e. The van der Waals surface area contributed by atoms with Gasteiger partial charge in [0.15, 0.2) is 6.61 Å². The predicted octanol–water partition coefficient (Wildman–Crippen LogP) is 3.33. The first kappa shape index (κ1) is 19.6. The van der Waals surface area contributed by atoms with E-state index in [1.807, 2.05) is 63.4 Å². The van der Waals surface area contributed by atoms with E-state index in [-0.39, 0.29) is 25.7 Å². The lowest BCUT2D eigenvalue weighted by Crippen LogP contribution is -2.33. The van der Waals surface area contributed by atoms with Crippen molar-refractivity contribution in [2.75, 3.05) is 19.8 Å². The number of aromatic nitrogens is 1. The monoisotopic (exact) mass is 379 g/mol. The molecular formula is C22H25N3O3. The molecule has 0 saturated heterocycles. The molecule has 0 aliphatic rings. The summed E-state index contributed by atoms with van der Waals surface area (Å²) in [6.45, 7) is 5.73. The van der Waals surface area contributed by atoms with Crippen LogP contribution >= 0.6 is 0 Å². The second kappa shape index (κ2) is 8.71. The minimum atomic E-state index is -0.314. The van der Waals surface area contributed by atoms with Crippen LogP contribution in [0, 0.1) is 20.8 Å². The molecule has 1 amide bonds. The summed E-state index contributed by atoms with van der Waals surface area (Å²) >= 11 is 0. The number of nitrogens with zero attached hydrogens (tertiary/aromatic N) is 2. The maximum atomic E-state index is 12.6. The van der Waals surface area contributed by atoms with Gasteiger partial charge in [-0.2, -0.15) is 5.10 Å². The Morgan fingerprint density at radius 1 is 1.21 bits per heavy atom. The summed E-state index contributed by atoms with van der Waals surface area (Å²) in [6, 6.07) is 11.8. The number of hydrazone groups is 1. The average molecular weight is 379 g/mol. The van der Waals surface area contributed by atoms with Gasteiger partial charge in [-0.15, -0.1) is 0 Å². The molecule has 2 N–H and O–H groups in total.